The normalized spacial score (nSPS) is 11.0. The summed E-state index contributed by atoms with van der Waals surface area (Å²) in [7, 11) is 0. The zero-order valence-corrected chi connectivity index (χ0v) is 16.4. The van der Waals surface area contributed by atoms with Gasteiger partial charge in [-0.15, -0.1) is 0 Å². The topological polar surface area (TPSA) is 76.5 Å². The van der Waals surface area contributed by atoms with Crippen molar-refractivity contribution in [2.45, 2.75) is 6.92 Å². The van der Waals surface area contributed by atoms with Crippen molar-refractivity contribution in [3.8, 4) is 17.0 Å². The third-order valence-corrected chi connectivity index (χ3v) is 4.49. The number of nitrogens with zero attached hydrogens (tertiary/aromatic N) is 3. The van der Waals surface area contributed by atoms with Gasteiger partial charge in [-0.3, -0.25) is 9.78 Å². The van der Waals surface area contributed by atoms with Gasteiger partial charge in [0.05, 0.1) is 29.6 Å². The average molecular weight is 396 g/mol. The Morgan fingerprint density at radius 3 is 2.70 bits per heavy atom. The van der Waals surface area contributed by atoms with Crippen LogP contribution in [0.2, 0.25) is 0 Å². The Morgan fingerprint density at radius 2 is 1.93 bits per heavy atom. The van der Waals surface area contributed by atoms with Crippen LogP contribution in [-0.2, 0) is 0 Å². The molecule has 0 aliphatic rings. The van der Waals surface area contributed by atoms with Crippen LogP contribution in [0.4, 0.5) is 0 Å². The van der Waals surface area contributed by atoms with Gasteiger partial charge in [-0.1, -0.05) is 18.2 Å². The number of para-hydroxylation sites is 1. The summed E-state index contributed by atoms with van der Waals surface area (Å²) in [4.78, 5) is 21.7. The van der Waals surface area contributed by atoms with Gasteiger partial charge in [0.25, 0.3) is 5.91 Å². The highest BCUT2D eigenvalue weighted by Crippen LogP contribution is 2.24. The fraction of sp³-hybridized carbons (Fsp3) is 0.0833. The van der Waals surface area contributed by atoms with E-state index in [-0.39, 0.29) is 5.91 Å². The van der Waals surface area contributed by atoms with E-state index in [2.05, 4.69) is 20.5 Å². The molecule has 0 saturated carbocycles. The molecule has 2 aromatic carbocycles. The van der Waals surface area contributed by atoms with Crippen molar-refractivity contribution < 1.29 is 9.53 Å². The van der Waals surface area contributed by atoms with Crippen LogP contribution in [0.25, 0.3) is 22.2 Å². The van der Waals surface area contributed by atoms with Gasteiger partial charge >= 0.3 is 0 Å². The molecule has 0 spiro atoms. The van der Waals surface area contributed by atoms with Crippen LogP contribution in [0.15, 0.2) is 84.2 Å². The number of carbonyl (C=O) groups excluding carboxylic acids is 1. The minimum Gasteiger partial charge on any atom is -0.494 e. The van der Waals surface area contributed by atoms with Gasteiger partial charge in [0.1, 0.15) is 5.75 Å². The average Bonchev–Trinajstić information content (AvgIpc) is 2.80. The molecule has 0 aliphatic heterocycles. The number of amides is 1. The first-order valence-electron chi connectivity index (χ1n) is 9.61. The maximum atomic E-state index is 12.9. The number of rotatable bonds is 6. The third kappa shape index (κ3) is 4.33. The van der Waals surface area contributed by atoms with Crippen LogP contribution in [0.1, 0.15) is 22.8 Å². The highest BCUT2D eigenvalue weighted by molar-refractivity contribution is 6.07. The Labute approximate surface area is 174 Å². The van der Waals surface area contributed by atoms with E-state index in [4.69, 9.17) is 4.74 Å². The number of hydrazone groups is 1. The maximum absolute atomic E-state index is 12.9. The second-order valence-electron chi connectivity index (χ2n) is 6.52. The van der Waals surface area contributed by atoms with Crippen LogP contribution < -0.4 is 10.2 Å². The lowest BCUT2D eigenvalue weighted by Gasteiger charge is -2.08. The van der Waals surface area contributed by atoms with Crippen molar-refractivity contribution in [2.75, 3.05) is 6.61 Å². The Kier molecular flexibility index (Phi) is 5.75. The van der Waals surface area contributed by atoms with E-state index >= 15 is 0 Å². The van der Waals surface area contributed by atoms with Crippen molar-refractivity contribution >= 4 is 23.0 Å². The molecule has 0 atom stereocenters. The summed E-state index contributed by atoms with van der Waals surface area (Å²) in [6.07, 6.45) is 5.02. The summed E-state index contributed by atoms with van der Waals surface area (Å²) >= 11 is 0. The number of hydrogen-bond acceptors (Lipinski definition) is 5. The monoisotopic (exact) mass is 396 g/mol. The van der Waals surface area contributed by atoms with Gasteiger partial charge in [-0.25, -0.2) is 10.4 Å². The number of aromatic nitrogens is 2. The summed E-state index contributed by atoms with van der Waals surface area (Å²) in [5.41, 5.74) is 6.23. The van der Waals surface area contributed by atoms with E-state index in [1.807, 2.05) is 67.6 Å². The van der Waals surface area contributed by atoms with Crippen LogP contribution in [0, 0.1) is 0 Å². The minimum atomic E-state index is -0.305. The minimum absolute atomic E-state index is 0.305. The predicted octanol–water partition coefficient (Wildman–Crippen LogP) is 4.46. The largest absolute Gasteiger partial charge is 0.494 e. The lowest BCUT2D eigenvalue weighted by Crippen LogP contribution is -2.18. The van der Waals surface area contributed by atoms with Gasteiger partial charge in [0.15, 0.2) is 0 Å². The van der Waals surface area contributed by atoms with Crippen molar-refractivity contribution in [2.24, 2.45) is 5.10 Å². The van der Waals surface area contributed by atoms with Crippen LogP contribution >= 0.6 is 0 Å². The predicted molar refractivity (Wildman–Crippen MR) is 118 cm³/mol. The Balaban J connectivity index is 1.59. The van der Waals surface area contributed by atoms with E-state index < -0.39 is 0 Å². The van der Waals surface area contributed by atoms with Crippen molar-refractivity contribution in [3.63, 3.8) is 0 Å². The lowest BCUT2D eigenvalue weighted by molar-refractivity contribution is 0.0956. The number of carbonyl (C=O) groups is 1. The molecule has 2 heterocycles. The first-order valence-corrected chi connectivity index (χ1v) is 9.61. The smallest absolute Gasteiger partial charge is 0.272 e. The second-order valence-corrected chi connectivity index (χ2v) is 6.52. The highest BCUT2D eigenvalue weighted by atomic mass is 16.5. The van der Waals surface area contributed by atoms with E-state index in [1.165, 1.54) is 0 Å². The zero-order valence-electron chi connectivity index (χ0n) is 16.4. The quantitative estimate of drug-likeness (QED) is 0.386. The molecular weight excluding hydrogens is 376 g/mol. The summed E-state index contributed by atoms with van der Waals surface area (Å²) in [6, 6.07) is 20.5. The summed E-state index contributed by atoms with van der Waals surface area (Å²) in [5.74, 6) is 0.491. The number of fused-ring (bicyclic) bond motifs is 1. The Hall–Kier alpha value is -4.06. The first-order chi connectivity index (χ1) is 14.7. The molecule has 30 heavy (non-hydrogen) atoms. The number of benzene rings is 2. The molecule has 0 saturated heterocycles. The number of nitrogens with one attached hydrogen (secondary N) is 1. The van der Waals surface area contributed by atoms with E-state index in [9.17, 15) is 4.79 Å². The van der Waals surface area contributed by atoms with Crippen LogP contribution in [0.3, 0.4) is 0 Å². The molecule has 6 nitrogen and oxygen atoms in total. The fourth-order valence-electron chi connectivity index (χ4n) is 3.07. The van der Waals surface area contributed by atoms with Crippen molar-refractivity contribution in [1.82, 2.24) is 15.4 Å². The second kappa shape index (κ2) is 8.96. The molecule has 0 bridgehead atoms. The molecule has 1 amide bonds. The number of ether oxygens (including phenoxy) is 1. The Bertz CT molecular complexity index is 1190. The molecule has 0 radical (unpaired) electrons. The molecule has 6 heteroatoms. The molecular formula is C24H20N4O2. The van der Waals surface area contributed by atoms with Crippen molar-refractivity contribution in [3.05, 3.63) is 90.3 Å². The molecule has 0 unspecified atom stereocenters. The molecule has 0 fully saturated rings. The summed E-state index contributed by atoms with van der Waals surface area (Å²) in [5, 5.41) is 4.87. The van der Waals surface area contributed by atoms with E-state index in [1.54, 1.807) is 24.7 Å². The summed E-state index contributed by atoms with van der Waals surface area (Å²) in [6.45, 7) is 2.55. The number of pyridine rings is 2. The van der Waals surface area contributed by atoms with Crippen molar-refractivity contribution in [1.29, 1.82) is 0 Å². The van der Waals surface area contributed by atoms with E-state index in [0.29, 0.717) is 17.9 Å². The number of hydrogen-bond donors (Lipinski definition) is 1. The van der Waals surface area contributed by atoms with E-state index in [0.717, 1.165) is 27.8 Å². The first kappa shape index (κ1) is 19.3. The lowest BCUT2D eigenvalue weighted by atomic mass is 10.0. The summed E-state index contributed by atoms with van der Waals surface area (Å²) < 4.78 is 5.43. The zero-order chi connectivity index (χ0) is 20.8. The van der Waals surface area contributed by atoms with Crippen LogP contribution in [0.5, 0.6) is 5.75 Å². The van der Waals surface area contributed by atoms with Gasteiger partial charge in [0.2, 0.25) is 0 Å². The fourth-order valence-corrected chi connectivity index (χ4v) is 3.07. The molecule has 148 valence electrons. The van der Waals surface area contributed by atoms with Gasteiger partial charge < -0.3 is 4.74 Å². The maximum Gasteiger partial charge on any atom is 0.272 e. The molecule has 0 aliphatic carbocycles. The Morgan fingerprint density at radius 1 is 1.10 bits per heavy atom. The van der Waals surface area contributed by atoms with Gasteiger partial charge in [0, 0.05) is 23.3 Å². The van der Waals surface area contributed by atoms with Gasteiger partial charge in [-0.05, 0) is 61.0 Å². The third-order valence-electron chi connectivity index (χ3n) is 4.49. The molecule has 1 N–H and O–H groups in total. The van der Waals surface area contributed by atoms with Crippen LogP contribution in [-0.4, -0.2) is 28.7 Å². The standard InChI is InChI=1S/C24H20N4O2/c1-2-30-19-11-9-17(10-12-19)15-26-28-24(29)21-14-23(18-6-5-13-25-16-18)27-22-8-4-3-7-20(21)22/h3-16H,2H2,1H3,(H,28,29). The van der Waals surface area contributed by atoms with Gasteiger partial charge in [-0.2, -0.15) is 5.10 Å². The highest BCUT2D eigenvalue weighted by Gasteiger charge is 2.13. The molecule has 4 rings (SSSR count). The molecule has 2 aromatic heterocycles. The molecule has 4 aromatic rings. The SMILES string of the molecule is CCOc1ccc(C=NNC(=O)c2cc(-c3cccnc3)nc3ccccc23)cc1.